The minimum Gasteiger partial charge on any atom is -0.391 e. The number of nitrogens with zero attached hydrogens (tertiary/aromatic N) is 1. The topological polar surface area (TPSA) is 62.2 Å². The van der Waals surface area contributed by atoms with Crippen molar-refractivity contribution < 1.29 is 9.90 Å². The average Bonchev–Trinajstić information content (AvgIpc) is 2.35. The zero-order valence-corrected chi connectivity index (χ0v) is 10.7. The fraction of sp³-hybridized carbons (Fsp3) is 0.571. The van der Waals surface area contributed by atoms with Crippen molar-refractivity contribution in [1.29, 1.82) is 0 Å². The Balaban J connectivity index is 1.90. The van der Waals surface area contributed by atoms with Crippen molar-refractivity contribution in [2.75, 3.05) is 0 Å². The van der Waals surface area contributed by atoms with Crippen molar-refractivity contribution in [1.82, 2.24) is 10.3 Å². The first-order valence-electron chi connectivity index (χ1n) is 6.55. The Morgan fingerprint density at radius 3 is 3.00 bits per heavy atom. The molecule has 1 amide bonds. The molecule has 1 aromatic heterocycles. The molecule has 18 heavy (non-hydrogen) atoms. The lowest BCUT2D eigenvalue weighted by atomic mass is 9.92. The maximum absolute atomic E-state index is 11.9. The molecule has 0 bridgehead atoms. The number of nitrogens with one attached hydrogen (secondary N) is 1. The molecule has 4 heteroatoms. The monoisotopic (exact) mass is 248 g/mol. The van der Waals surface area contributed by atoms with Gasteiger partial charge in [-0.1, -0.05) is 18.9 Å². The molecule has 2 rings (SSSR count). The highest BCUT2D eigenvalue weighted by molar-refractivity contribution is 5.78. The van der Waals surface area contributed by atoms with Gasteiger partial charge >= 0.3 is 0 Å². The van der Waals surface area contributed by atoms with Crippen LogP contribution < -0.4 is 5.32 Å². The predicted molar refractivity (Wildman–Crippen MR) is 69.1 cm³/mol. The minimum atomic E-state index is -0.396. The van der Waals surface area contributed by atoms with E-state index in [4.69, 9.17) is 0 Å². The molecule has 1 aromatic rings. The molecule has 1 heterocycles. The van der Waals surface area contributed by atoms with Gasteiger partial charge in [-0.05, 0) is 31.4 Å². The van der Waals surface area contributed by atoms with Crippen LogP contribution >= 0.6 is 0 Å². The number of aryl methyl sites for hydroxylation is 1. The molecule has 0 unspecified atom stereocenters. The van der Waals surface area contributed by atoms with E-state index < -0.39 is 6.10 Å². The second kappa shape index (κ2) is 5.96. The van der Waals surface area contributed by atoms with Gasteiger partial charge in [-0.25, -0.2) is 0 Å². The van der Waals surface area contributed by atoms with E-state index in [0.29, 0.717) is 0 Å². The third-order valence-corrected chi connectivity index (χ3v) is 3.52. The zero-order chi connectivity index (χ0) is 13.0. The number of rotatable bonds is 3. The van der Waals surface area contributed by atoms with Crippen LogP contribution in [0.3, 0.4) is 0 Å². The predicted octanol–water partition coefficient (Wildman–Crippen LogP) is 1.35. The summed E-state index contributed by atoms with van der Waals surface area (Å²) in [5.41, 5.74) is 1.83. The number of amides is 1. The lowest BCUT2D eigenvalue weighted by molar-refractivity contribution is -0.122. The van der Waals surface area contributed by atoms with Gasteiger partial charge in [0, 0.05) is 6.20 Å². The van der Waals surface area contributed by atoms with Gasteiger partial charge in [0.1, 0.15) is 0 Å². The second-order valence-electron chi connectivity index (χ2n) is 4.97. The van der Waals surface area contributed by atoms with E-state index >= 15 is 0 Å². The van der Waals surface area contributed by atoms with Crippen molar-refractivity contribution in [3.63, 3.8) is 0 Å². The lowest BCUT2D eigenvalue weighted by Crippen LogP contribution is -2.45. The van der Waals surface area contributed by atoms with E-state index in [2.05, 4.69) is 10.3 Å². The molecule has 1 saturated carbocycles. The van der Waals surface area contributed by atoms with Crippen LogP contribution in [0, 0.1) is 6.92 Å². The van der Waals surface area contributed by atoms with Gasteiger partial charge in [-0.3, -0.25) is 9.78 Å². The fourth-order valence-electron chi connectivity index (χ4n) is 2.39. The third kappa shape index (κ3) is 3.29. The second-order valence-corrected chi connectivity index (χ2v) is 4.97. The summed E-state index contributed by atoms with van der Waals surface area (Å²) >= 11 is 0. The smallest absolute Gasteiger partial charge is 0.226 e. The molecule has 4 nitrogen and oxygen atoms in total. The molecule has 2 atom stereocenters. The molecule has 1 aliphatic carbocycles. The molecular formula is C14H20N2O2. The Labute approximate surface area is 107 Å². The number of hydrogen-bond donors (Lipinski definition) is 2. The first-order chi connectivity index (χ1) is 8.66. The number of aromatic nitrogens is 1. The number of hydrogen-bond acceptors (Lipinski definition) is 3. The Hall–Kier alpha value is -1.42. The largest absolute Gasteiger partial charge is 0.391 e. The van der Waals surface area contributed by atoms with E-state index in [9.17, 15) is 9.90 Å². The van der Waals surface area contributed by atoms with Gasteiger partial charge < -0.3 is 10.4 Å². The maximum atomic E-state index is 11.9. The molecule has 1 aliphatic rings. The van der Waals surface area contributed by atoms with Gasteiger partial charge in [0.15, 0.2) is 0 Å². The number of carbonyl (C=O) groups excluding carboxylic acids is 1. The summed E-state index contributed by atoms with van der Waals surface area (Å²) in [5.74, 6) is -0.0530. The van der Waals surface area contributed by atoms with Crippen LogP contribution in [0.4, 0.5) is 0 Å². The van der Waals surface area contributed by atoms with E-state index in [-0.39, 0.29) is 18.4 Å². The average molecular weight is 248 g/mol. The van der Waals surface area contributed by atoms with Gasteiger partial charge in [-0.15, -0.1) is 0 Å². The van der Waals surface area contributed by atoms with E-state index in [1.807, 2.05) is 19.1 Å². The Morgan fingerprint density at radius 1 is 1.50 bits per heavy atom. The molecule has 0 aliphatic heterocycles. The molecule has 0 radical (unpaired) electrons. The van der Waals surface area contributed by atoms with Gasteiger partial charge in [0.2, 0.25) is 5.91 Å². The molecule has 0 saturated heterocycles. The SMILES string of the molecule is Cc1cccnc1CC(=O)N[C@@H]1CCCC[C@H]1O. The van der Waals surface area contributed by atoms with Crippen molar-refractivity contribution >= 4 is 5.91 Å². The highest BCUT2D eigenvalue weighted by Gasteiger charge is 2.24. The van der Waals surface area contributed by atoms with Crippen LogP contribution in [0.15, 0.2) is 18.3 Å². The van der Waals surface area contributed by atoms with Crippen molar-refractivity contribution in [2.45, 2.75) is 51.2 Å². The van der Waals surface area contributed by atoms with Crippen LogP contribution in [0.25, 0.3) is 0 Å². The quantitative estimate of drug-likeness (QED) is 0.849. The highest BCUT2D eigenvalue weighted by Crippen LogP contribution is 2.18. The summed E-state index contributed by atoms with van der Waals surface area (Å²) in [6.45, 7) is 1.95. The maximum Gasteiger partial charge on any atom is 0.226 e. The first kappa shape index (κ1) is 13.0. The summed E-state index contributed by atoms with van der Waals surface area (Å²) in [5, 5.41) is 12.7. The van der Waals surface area contributed by atoms with Gasteiger partial charge in [-0.2, -0.15) is 0 Å². The van der Waals surface area contributed by atoms with Crippen LogP contribution in [0.1, 0.15) is 36.9 Å². The summed E-state index contributed by atoms with van der Waals surface area (Å²) in [6.07, 6.45) is 5.37. The molecule has 2 N–H and O–H groups in total. The highest BCUT2D eigenvalue weighted by atomic mass is 16.3. The van der Waals surface area contributed by atoms with Gasteiger partial charge in [0.05, 0.1) is 24.3 Å². The number of pyridine rings is 1. The van der Waals surface area contributed by atoms with Crippen LogP contribution in [0.5, 0.6) is 0 Å². The van der Waals surface area contributed by atoms with Crippen LogP contribution in [-0.2, 0) is 11.2 Å². The number of carbonyl (C=O) groups is 1. The molecule has 0 spiro atoms. The first-order valence-corrected chi connectivity index (χ1v) is 6.55. The summed E-state index contributed by atoms with van der Waals surface area (Å²) in [6, 6.07) is 3.72. The van der Waals surface area contributed by atoms with Crippen LogP contribution in [-0.4, -0.2) is 28.1 Å². The molecular weight excluding hydrogens is 228 g/mol. The van der Waals surface area contributed by atoms with Gasteiger partial charge in [0.25, 0.3) is 0 Å². The molecule has 1 fully saturated rings. The normalized spacial score (nSPS) is 23.7. The zero-order valence-electron chi connectivity index (χ0n) is 10.7. The van der Waals surface area contributed by atoms with Crippen molar-refractivity contribution in [3.05, 3.63) is 29.6 Å². The Morgan fingerprint density at radius 2 is 2.28 bits per heavy atom. The standard InChI is InChI=1S/C14H20N2O2/c1-10-5-4-8-15-12(10)9-14(18)16-11-6-2-3-7-13(11)17/h4-5,8,11,13,17H,2-3,6-7,9H2,1H3,(H,16,18)/t11-,13-/m1/s1. The third-order valence-electron chi connectivity index (χ3n) is 3.52. The Bertz CT molecular complexity index is 420. The lowest BCUT2D eigenvalue weighted by Gasteiger charge is -2.28. The van der Waals surface area contributed by atoms with Crippen molar-refractivity contribution in [2.24, 2.45) is 0 Å². The van der Waals surface area contributed by atoms with Crippen molar-refractivity contribution in [3.8, 4) is 0 Å². The van der Waals surface area contributed by atoms with Crippen LogP contribution in [0.2, 0.25) is 0 Å². The Kier molecular flexibility index (Phi) is 4.31. The van der Waals surface area contributed by atoms with E-state index in [0.717, 1.165) is 36.9 Å². The van der Waals surface area contributed by atoms with E-state index in [1.165, 1.54) is 0 Å². The summed E-state index contributed by atoms with van der Waals surface area (Å²) in [7, 11) is 0. The number of aliphatic hydroxyl groups is 1. The molecule has 0 aromatic carbocycles. The minimum absolute atomic E-state index is 0.0530. The fourth-order valence-corrected chi connectivity index (χ4v) is 2.39. The number of aliphatic hydroxyl groups excluding tert-OH is 1. The molecule has 98 valence electrons. The summed E-state index contributed by atoms with van der Waals surface area (Å²) in [4.78, 5) is 16.1. The summed E-state index contributed by atoms with van der Waals surface area (Å²) < 4.78 is 0. The van der Waals surface area contributed by atoms with E-state index in [1.54, 1.807) is 6.20 Å².